The van der Waals surface area contributed by atoms with Gasteiger partial charge in [-0.1, -0.05) is 18.2 Å². The molecule has 0 radical (unpaired) electrons. The van der Waals surface area contributed by atoms with Gasteiger partial charge in [0, 0.05) is 29.9 Å². The van der Waals surface area contributed by atoms with Crippen molar-refractivity contribution in [2.45, 2.75) is 31.3 Å². The van der Waals surface area contributed by atoms with Gasteiger partial charge in [0.25, 0.3) is 0 Å². The summed E-state index contributed by atoms with van der Waals surface area (Å²) in [6.45, 7) is 0. The van der Waals surface area contributed by atoms with Gasteiger partial charge in [-0.05, 0) is 18.1 Å². The third-order valence-corrected chi connectivity index (χ3v) is 3.68. The van der Waals surface area contributed by atoms with Crippen LogP contribution in [0.4, 0.5) is 0 Å². The molecule has 0 aliphatic rings. The maximum atomic E-state index is 12.1. The lowest BCUT2D eigenvalue weighted by Gasteiger charge is -2.17. The number of aromatic amines is 1. The Bertz CT molecular complexity index is 776. The number of hydrogen-bond acceptors (Lipinski definition) is 4. The van der Waals surface area contributed by atoms with E-state index < -0.39 is 29.9 Å². The number of H-pyrrole nitrogens is 1. The molecule has 1 heterocycles. The van der Waals surface area contributed by atoms with Crippen LogP contribution < -0.4 is 11.0 Å². The first-order valence-electron chi connectivity index (χ1n) is 7.89. The normalized spacial score (nSPS) is 13.9. The third-order valence-electron chi connectivity index (χ3n) is 3.68. The van der Waals surface area contributed by atoms with E-state index in [9.17, 15) is 19.5 Å². The summed E-state index contributed by atoms with van der Waals surface area (Å²) in [6.07, 6.45) is 1.35. The minimum absolute atomic E-state index is 0.0642. The van der Waals surface area contributed by atoms with E-state index in [1.165, 1.54) is 0 Å². The molecule has 0 aliphatic heterocycles. The van der Waals surface area contributed by atoms with Crippen molar-refractivity contribution in [2.24, 2.45) is 5.73 Å². The summed E-state index contributed by atoms with van der Waals surface area (Å²) in [6, 6.07) is 5.11. The number of carbonyl (C=O) groups excluding carboxylic acids is 1. The number of fused-ring (bicyclic) bond motifs is 1. The van der Waals surface area contributed by atoms with E-state index in [2.05, 4.69) is 10.3 Å². The summed E-state index contributed by atoms with van der Waals surface area (Å²) >= 11 is 0. The monoisotopic (exact) mass is 334 g/mol. The van der Waals surface area contributed by atoms with Crippen LogP contribution in [0.15, 0.2) is 30.5 Å². The fourth-order valence-electron chi connectivity index (χ4n) is 2.39. The van der Waals surface area contributed by atoms with Crippen LogP contribution in [0.3, 0.4) is 0 Å². The van der Waals surface area contributed by atoms with Gasteiger partial charge in [0.05, 0.1) is 6.04 Å². The van der Waals surface area contributed by atoms with Crippen molar-refractivity contribution in [3.8, 4) is 0 Å². The average Bonchev–Trinajstić information content (AvgIpc) is 2.97. The number of nitrogens with two attached hydrogens (primary N) is 1. The lowest BCUT2D eigenvalue weighted by Crippen LogP contribution is -2.49. The molecule has 0 saturated carbocycles. The zero-order valence-corrected chi connectivity index (χ0v) is 12.8. The first-order chi connectivity index (χ1) is 11.9. The van der Waals surface area contributed by atoms with Crippen molar-refractivity contribution in [3.05, 3.63) is 36.0 Å². The van der Waals surface area contributed by atoms with Gasteiger partial charge >= 0.3 is 11.9 Å². The molecule has 1 aromatic heterocycles. The van der Waals surface area contributed by atoms with Crippen molar-refractivity contribution >= 4 is 28.7 Å². The molecule has 0 bridgehead atoms. The van der Waals surface area contributed by atoms with Crippen molar-refractivity contribution in [1.82, 2.24) is 10.3 Å². The largest absolute Gasteiger partial charge is 0.481 e. The SMILES string of the molecule is [2H]N[C@@H](CCC(=O)O)C(=O)N[C@@H](Cc1c[nH]c2ccccc12)C(=O)O. The van der Waals surface area contributed by atoms with Gasteiger partial charge in [0.15, 0.2) is 0 Å². The van der Waals surface area contributed by atoms with E-state index in [0.29, 0.717) is 0 Å². The molecule has 0 unspecified atom stereocenters. The summed E-state index contributed by atoms with van der Waals surface area (Å²) in [5, 5.41) is 21.3. The first kappa shape index (κ1) is 16.0. The minimum Gasteiger partial charge on any atom is -0.481 e. The lowest BCUT2D eigenvalue weighted by atomic mass is 10.0. The Morgan fingerprint density at radius 1 is 1.29 bits per heavy atom. The molecule has 0 fully saturated rings. The summed E-state index contributed by atoms with van der Waals surface area (Å²) < 4.78 is 7.13. The van der Waals surface area contributed by atoms with Gasteiger partial charge in [0.1, 0.15) is 7.45 Å². The van der Waals surface area contributed by atoms with E-state index >= 15 is 0 Å². The van der Waals surface area contributed by atoms with E-state index in [1.807, 2.05) is 30.0 Å². The molecule has 0 saturated heterocycles. The fourth-order valence-corrected chi connectivity index (χ4v) is 2.39. The standard InChI is InChI=1S/C16H19N3O5/c17-11(5-6-14(20)21)15(22)19-13(16(23)24)7-9-8-18-12-4-2-1-3-10(9)12/h1-4,8,11,13,18H,5-7,17H2,(H,19,22)(H,20,21)(H,23,24)/t11-,13-/m0/s1/i/hD. The Kier molecular flexibility index (Phi) is 5.07. The highest BCUT2D eigenvalue weighted by Crippen LogP contribution is 2.19. The molecule has 128 valence electrons. The molecular weight excluding hydrogens is 314 g/mol. The second kappa shape index (κ2) is 7.60. The first-order valence-corrected chi connectivity index (χ1v) is 7.39. The maximum Gasteiger partial charge on any atom is 0.326 e. The van der Waals surface area contributed by atoms with E-state index in [4.69, 9.17) is 6.52 Å². The smallest absolute Gasteiger partial charge is 0.326 e. The number of carboxylic acid groups (broad SMARTS) is 2. The van der Waals surface area contributed by atoms with Crippen molar-refractivity contribution < 1.29 is 26.0 Å². The van der Waals surface area contributed by atoms with Crippen LogP contribution in [0, 0.1) is 0 Å². The number of nitrogens with one attached hydrogen (secondary N) is 2. The Labute approximate surface area is 139 Å². The second-order valence-corrected chi connectivity index (χ2v) is 5.45. The molecule has 2 atom stereocenters. The Morgan fingerprint density at radius 3 is 2.71 bits per heavy atom. The summed E-state index contributed by atoms with van der Waals surface area (Å²) in [7, 11) is 0. The highest BCUT2D eigenvalue weighted by atomic mass is 16.4. The number of amides is 1. The van der Waals surface area contributed by atoms with Gasteiger partial charge in [0.2, 0.25) is 5.91 Å². The quantitative estimate of drug-likeness (QED) is 0.451. The topological polar surface area (TPSA) is 146 Å². The van der Waals surface area contributed by atoms with Crippen LogP contribution in [0.5, 0.6) is 0 Å². The zero-order valence-electron chi connectivity index (χ0n) is 13.8. The van der Waals surface area contributed by atoms with E-state index in [-0.39, 0.29) is 19.3 Å². The highest BCUT2D eigenvalue weighted by molar-refractivity contribution is 5.88. The Hall–Kier alpha value is -2.87. The highest BCUT2D eigenvalue weighted by Gasteiger charge is 2.24. The van der Waals surface area contributed by atoms with Crippen molar-refractivity contribution in [3.63, 3.8) is 0 Å². The molecule has 2 rings (SSSR count). The molecule has 8 heteroatoms. The second-order valence-electron chi connectivity index (χ2n) is 5.45. The summed E-state index contributed by atoms with van der Waals surface area (Å²) in [5.74, 6) is -3.02. The molecule has 8 nitrogen and oxygen atoms in total. The molecule has 1 amide bonds. The van der Waals surface area contributed by atoms with Crippen molar-refractivity contribution in [2.75, 3.05) is 0 Å². The average molecular weight is 334 g/mol. The predicted octanol–water partition coefficient (Wildman–Crippen LogP) is 0.472. The molecular formula is C16H19N3O5. The number of rotatable bonds is 9. The number of carboxylic acids is 2. The molecule has 6 N–H and O–H groups in total. The van der Waals surface area contributed by atoms with Gasteiger partial charge in [-0.15, -0.1) is 0 Å². The molecule has 0 aliphatic carbocycles. The van der Waals surface area contributed by atoms with Gasteiger partial charge < -0.3 is 26.2 Å². The predicted molar refractivity (Wildman–Crippen MR) is 86.4 cm³/mol. The van der Waals surface area contributed by atoms with Gasteiger partial charge in [-0.25, -0.2) is 4.79 Å². The molecule has 2 aromatic rings. The third kappa shape index (κ3) is 4.32. The van der Waals surface area contributed by atoms with Gasteiger partial charge in [-0.3, -0.25) is 9.59 Å². The van der Waals surface area contributed by atoms with Crippen LogP contribution in [0.1, 0.15) is 18.4 Å². The van der Waals surface area contributed by atoms with Crippen LogP contribution in [0.25, 0.3) is 10.9 Å². The Morgan fingerprint density at radius 2 is 2.04 bits per heavy atom. The van der Waals surface area contributed by atoms with E-state index in [1.54, 1.807) is 6.20 Å². The molecule has 0 spiro atoms. The summed E-state index contributed by atoms with van der Waals surface area (Å²) in [4.78, 5) is 37.3. The minimum atomic E-state index is -1.21. The number of aromatic nitrogens is 1. The number of aliphatic carboxylic acids is 2. The molecule has 24 heavy (non-hydrogen) atoms. The number of carbonyl (C=O) groups is 3. The maximum absolute atomic E-state index is 12.1. The Balaban J connectivity index is 2.08. The van der Waals surface area contributed by atoms with E-state index in [0.717, 1.165) is 16.5 Å². The summed E-state index contributed by atoms with van der Waals surface area (Å²) in [5.41, 5.74) is 3.57. The lowest BCUT2D eigenvalue weighted by molar-refractivity contribution is -0.142. The number of benzene rings is 1. The van der Waals surface area contributed by atoms with Gasteiger partial charge in [-0.2, -0.15) is 0 Å². The molecule has 1 aromatic carbocycles. The van der Waals surface area contributed by atoms with Crippen LogP contribution >= 0.6 is 0 Å². The fraction of sp³-hybridized carbons (Fsp3) is 0.312. The van der Waals surface area contributed by atoms with Crippen LogP contribution in [-0.2, 0) is 20.8 Å². The van der Waals surface area contributed by atoms with Crippen LogP contribution in [-0.4, -0.2) is 45.1 Å². The zero-order chi connectivity index (χ0) is 18.4. The number of hydrogen-bond donors (Lipinski definition) is 5. The van der Waals surface area contributed by atoms with Crippen molar-refractivity contribution in [1.29, 1.82) is 0 Å². The number of para-hydroxylation sites is 1. The van der Waals surface area contributed by atoms with Crippen LogP contribution in [0.2, 0.25) is 1.41 Å².